The van der Waals surface area contributed by atoms with Gasteiger partial charge in [0.2, 0.25) is 0 Å². The molecule has 0 saturated heterocycles. The number of benzene rings is 2. The summed E-state index contributed by atoms with van der Waals surface area (Å²) in [5, 5.41) is 15.9. The van der Waals surface area contributed by atoms with E-state index in [1.807, 2.05) is 0 Å². The number of anilines is 1. The van der Waals surface area contributed by atoms with E-state index >= 15 is 0 Å². The van der Waals surface area contributed by atoms with Crippen LogP contribution in [-0.4, -0.2) is 17.4 Å². The number of amides is 2. The van der Waals surface area contributed by atoms with Crippen LogP contribution >= 0.6 is 11.6 Å². The average molecular weight is 290 g/mol. The Hall–Kier alpha value is -2.53. The summed E-state index contributed by atoms with van der Waals surface area (Å²) in [5.74, 6) is 0.173. The number of hydrazone groups is 1. The predicted octanol–water partition coefficient (Wildman–Crippen LogP) is 3.20. The second kappa shape index (κ2) is 6.58. The van der Waals surface area contributed by atoms with Crippen LogP contribution in [0.15, 0.2) is 53.6 Å². The molecule has 2 aromatic carbocycles. The molecule has 5 nitrogen and oxygen atoms in total. The molecule has 102 valence electrons. The van der Waals surface area contributed by atoms with E-state index in [-0.39, 0.29) is 5.75 Å². The topological polar surface area (TPSA) is 73.7 Å². The number of urea groups is 1. The molecule has 3 N–H and O–H groups in total. The molecule has 0 fully saturated rings. The van der Waals surface area contributed by atoms with Crippen molar-refractivity contribution in [3.8, 4) is 5.75 Å². The van der Waals surface area contributed by atoms with Crippen molar-refractivity contribution in [1.82, 2.24) is 5.43 Å². The Morgan fingerprint density at radius 3 is 2.55 bits per heavy atom. The number of phenols is 1. The van der Waals surface area contributed by atoms with Gasteiger partial charge in [-0.15, -0.1) is 0 Å². The van der Waals surface area contributed by atoms with E-state index in [0.29, 0.717) is 10.7 Å². The number of aromatic hydroxyl groups is 1. The third-order valence-corrected chi connectivity index (χ3v) is 2.72. The van der Waals surface area contributed by atoms with Crippen molar-refractivity contribution in [3.05, 3.63) is 59.1 Å². The molecule has 0 atom stereocenters. The fourth-order valence-electron chi connectivity index (χ4n) is 1.44. The number of nitrogens with one attached hydrogen (secondary N) is 2. The summed E-state index contributed by atoms with van der Waals surface area (Å²) in [6.07, 6.45) is 1.46. The number of nitrogens with zero attached hydrogens (tertiary/aromatic N) is 1. The first-order valence-electron chi connectivity index (χ1n) is 5.79. The van der Waals surface area contributed by atoms with Gasteiger partial charge in [-0.05, 0) is 42.0 Å². The van der Waals surface area contributed by atoms with Crippen molar-refractivity contribution in [2.24, 2.45) is 5.10 Å². The zero-order valence-corrected chi connectivity index (χ0v) is 11.1. The minimum absolute atomic E-state index is 0.173. The first-order chi connectivity index (χ1) is 9.65. The molecule has 0 heterocycles. The van der Waals surface area contributed by atoms with Gasteiger partial charge < -0.3 is 10.4 Å². The van der Waals surface area contributed by atoms with Gasteiger partial charge in [-0.1, -0.05) is 23.7 Å². The molecule has 0 aliphatic rings. The molecule has 0 radical (unpaired) electrons. The van der Waals surface area contributed by atoms with Crippen LogP contribution in [0.5, 0.6) is 5.75 Å². The lowest BCUT2D eigenvalue weighted by Gasteiger charge is -2.05. The van der Waals surface area contributed by atoms with Gasteiger partial charge in [0.25, 0.3) is 0 Å². The molecule has 0 unspecified atom stereocenters. The molecule has 2 amide bonds. The first kappa shape index (κ1) is 13.9. The van der Waals surface area contributed by atoms with Crippen LogP contribution in [0, 0.1) is 0 Å². The maximum Gasteiger partial charge on any atom is 0.339 e. The van der Waals surface area contributed by atoms with Crippen LogP contribution in [0.25, 0.3) is 0 Å². The van der Waals surface area contributed by atoms with E-state index in [0.717, 1.165) is 5.56 Å². The molecule has 2 rings (SSSR count). The minimum Gasteiger partial charge on any atom is -0.508 e. The number of carbonyl (C=O) groups excluding carboxylic acids is 1. The van der Waals surface area contributed by atoms with E-state index in [1.54, 1.807) is 36.4 Å². The summed E-state index contributed by atoms with van der Waals surface area (Å²) in [4.78, 5) is 11.6. The Morgan fingerprint density at radius 1 is 1.15 bits per heavy atom. The Labute approximate surface area is 120 Å². The number of phenolic OH excluding ortho intramolecular Hbond substituents is 1. The van der Waals surface area contributed by atoms with Crippen molar-refractivity contribution in [2.75, 3.05) is 5.32 Å². The number of hydrogen-bond donors (Lipinski definition) is 3. The summed E-state index contributed by atoms with van der Waals surface area (Å²) >= 11 is 5.91. The van der Waals surface area contributed by atoms with E-state index in [9.17, 15) is 4.79 Å². The standard InChI is InChI=1S/C14H12ClN3O2/c15-12-3-1-2-4-13(12)17-14(20)18-16-9-10-5-7-11(19)8-6-10/h1-9,19H,(H2,17,18,20)/b16-9+. The zero-order chi connectivity index (χ0) is 14.4. The SMILES string of the molecule is O=C(N/N=C/c1ccc(O)cc1)Nc1ccccc1Cl. The van der Waals surface area contributed by atoms with Crippen molar-refractivity contribution in [3.63, 3.8) is 0 Å². The van der Waals surface area contributed by atoms with Crippen molar-refractivity contribution >= 4 is 29.5 Å². The maximum absolute atomic E-state index is 11.6. The molecular weight excluding hydrogens is 278 g/mol. The number of rotatable bonds is 3. The third kappa shape index (κ3) is 4.00. The molecule has 0 spiro atoms. The highest BCUT2D eigenvalue weighted by Crippen LogP contribution is 2.19. The van der Waals surface area contributed by atoms with Gasteiger partial charge in [0.15, 0.2) is 0 Å². The van der Waals surface area contributed by atoms with Gasteiger partial charge in [-0.25, -0.2) is 10.2 Å². The summed E-state index contributed by atoms with van der Waals surface area (Å²) in [6.45, 7) is 0. The Bertz CT molecular complexity index is 627. The van der Waals surface area contributed by atoms with Crippen molar-refractivity contribution < 1.29 is 9.90 Å². The highest BCUT2D eigenvalue weighted by atomic mass is 35.5. The molecule has 0 aliphatic carbocycles. The van der Waals surface area contributed by atoms with E-state index in [2.05, 4.69) is 15.8 Å². The molecule has 6 heteroatoms. The largest absolute Gasteiger partial charge is 0.508 e. The van der Waals surface area contributed by atoms with Crippen LogP contribution in [-0.2, 0) is 0 Å². The summed E-state index contributed by atoms with van der Waals surface area (Å²) in [6, 6.07) is 12.8. The quantitative estimate of drug-likeness (QED) is 0.599. The number of halogens is 1. The van der Waals surface area contributed by atoms with Gasteiger partial charge in [0, 0.05) is 0 Å². The van der Waals surface area contributed by atoms with Gasteiger partial charge in [0.05, 0.1) is 16.9 Å². The summed E-state index contributed by atoms with van der Waals surface area (Å²) in [5.41, 5.74) is 3.58. The summed E-state index contributed by atoms with van der Waals surface area (Å²) < 4.78 is 0. The number of carbonyl (C=O) groups is 1. The summed E-state index contributed by atoms with van der Waals surface area (Å²) in [7, 11) is 0. The van der Waals surface area contributed by atoms with Crippen LogP contribution in [0.2, 0.25) is 5.02 Å². The van der Waals surface area contributed by atoms with Crippen LogP contribution in [0.4, 0.5) is 10.5 Å². The predicted molar refractivity (Wildman–Crippen MR) is 79.3 cm³/mol. The number of para-hydroxylation sites is 1. The fourth-order valence-corrected chi connectivity index (χ4v) is 1.62. The Morgan fingerprint density at radius 2 is 1.85 bits per heavy atom. The van der Waals surface area contributed by atoms with E-state index < -0.39 is 6.03 Å². The highest BCUT2D eigenvalue weighted by Gasteiger charge is 2.02. The lowest BCUT2D eigenvalue weighted by atomic mass is 10.2. The molecule has 0 saturated carbocycles. The monoisotopic (exact) mass is 289 g/mol. The van der Waals surface area contributed by atoms with Gasteiger partial charge in [0.1, 0.15) is 5.75 Å². The van der Waals surface area contributed by atoms with Gasteiger partial charge >= 0.3 is 6.03 Å². The second-order valence-electron chi connectivity index (χ2n) is 3.90. The van der Waals surface area contributed by atoms with Crippen molar-refractivity contribution in [1.29, 1.82) is 0 Å². The molecule has 0 bridgehead atoms. The fraction of sp³-hybridized carbons (Fsp3) is 0. The van der Waals surface area contributed by atoms with Crippen molar-refractivity contribution in [2.45, 2.75) is 0 Å². The van der Waals surface area contributed by atoms with E-state index in [4.69, 9.17) is 16.7 Å². The third-order valence-electron chi connectivity index (χ3n) is 2.39. The smallest absolute Gasteiger partial charge is 0.339 e. The van der Waals surface area contributed by atoms with Crippen LogP contribution in [0.1, 0.15) is 5.56 Å². The number of hydrogen-bond acceptors (Lipinski definition) is 3. The van der Waals surface area contributed by atoms with Gasteiger partial charge in [-0.3, -0.25) is 0 Å². The van der Waals surface area contributed by atoms with E-state index in [1.165, 1.54) is 18.3 Å². The molecule has 2 aromatic rings. The Balaban J connectivity index is 1.89. The lowest BCUT2D eigenvalue weighted by Crippen LogP contribution is -2.24. The van der Waals surface area contributed by atoms with Crippen LogP contribution < -0.4 is 10.7 Å². The van der Waals surface area contributed by atoms with Gasteiger partial charge in [-0.2, -0.15) is 5.10 Å². The zero-order valence-electron chi connectivity index (χ0n) is 10.4. The first-order valence-corrected chi connectivity index (χ1v) is 6.16. The minimum atomic E-state index is -0.492. The van der Waals surface area contributed by atoms with Crippen LogP contribution in [0.3, 0.4) is 0 Å². The molecular formula is C14H12ClN3O2. The molecule has 20 heavy (non-hydrogen) atoms. The molecule has 0 aromatic heterocycles. The normalized spacial score (nSPS) is 10.4. The Kier molecular flexibility index (Phi) is 4.57. The maximum atomic E-state index is 11.6. The lowest BCUT2D eigenvalue weighted by molar-refractivity contribution is 0.252. The molecule has 0 aliphatic heterocycles. The average Bonchev–Trinajstić information content (AvgIpc) is 2.44. The second-order valence-corrected chi connectivity index (χ2v) is 4.30. The highest BCUT2D eigenvalue weighted by molar-refractivity contribution is 6.33.